The third-order valence-electron chi connectivity index (χ3n) is 16.8. The van der Waals surface area contributed by atoms with E-state index in [2.05, 4.69) is 154 Å². The Labute approximate surface area is 626 Å². The van der Waals surface area contributed by atoms with Crippen molar-refractivity contribution in [2.24, 2.45) is 0 Å². The highest BCUT2D eigenvalue weighted by molar-refractivity contribution is 7.47. The predicted molar refractivity (Wildman–Crippen MR) is 426 cm³/mol. The Hall–Kier alpha value is -4.31. The number of allylic oxidation sites excluding steroid dienone is 22. The molecular weight excluding hydrogens is 1340 g/mol. The van der Waals surface area contributed by atoms with E-state index in [0.29, 0.717) is 19.3 Å². The maximum atomic E-state index is 13.0. The summed E-state index contributed by atoms with van der Waals surface area (Å²) in [6, 6.07) is 0. The van der Waals surface area contributed by atoms with E-state index in [4.69, 9.17) is 32.3 Å². The van der Waals surface area contributed by atoms with Crippen molar-refractivity contribution in [2.75, 3.05) is 39.6 Å². The molecule has 0 aliphatic carbocycles. The van der Waals surface area contributed by atoms with Gasteiger partial charge in [0.1, 0.15) is 25.4 Å². The fourth-order valence-electron chi connectivity index (χ4n) is 10.7. The molecule has 5 unspecified atom stereocenters. The van der Waals surface area contributed by atoms with Crippen LogP contribution in [0.1, 0.15) is 329 Å². The average Bonchev–Trinajstić information content (AvgIpc) is 0.939. The SMILES string of the molecule is CC/C=C\C/C=C\C/C=C\C/C=C\CCCCCCCCC(=O)OCC(COP(=O)(O)OCC(O)COP(=O)(O)OCC(O)COC(=O)CCCCCCCCCCCCCCC/C=C\C/C=C\C/C=C\C/C=C\CCCCC)OC(=O)CCCCCCCC/C=C\C/C=C\C/C=C\CCCCC. The standard InChI is InChI=1S/C85H146O16P2/c1-4-7-10-13-16-19-22-25-28-31-34-35-36-37-38-39-40-41-42-43-46-48-50-53-56-59-62-65-68-71-83(88)95-74-80(86)75-97-102(91,92)98-76-81(87)77-99-103(93,94)100-79-82(101-85(90)73-70-67-64-61-58-55-52-49-45-33-30-27-24-21-18-15-12-9-6-3)78-96-84(89)72-69-66-63-60-57-54-51-47-44-32-29-26-23-20-17-14-11-8-5-2/h8,11,16-21,25-30,34-35,37-38,44-45,47,49,80-82,86-87H,4-7,9-10,12-15,22-24,31-33,36,39-43,46,48,50-79H2,1-3H3,(H,91,92)(H,93,94)/b11-8-,19-16-,20-17-,21-18-,28-25-,29-26-,30-27-,35-34-,38-37-,47-44-,49-45-. The van der Waals surface area contributed by atoms with Crippen molar-refractivity contribution in [3.8, 4) is 0 Å². The van der Waals surface area contributed by atoms with Crippen LogP contribution in [0.15, 0.2) is 134 Å². The molecule has 0 saturated heterocycles. The lowest BCUT2D eigenvalue weighted by molar-refractivity contribution is -0.161. The summed E-state index contributed by atoms with van der Waals surface area (Å²) in [7, 11) is -9.80. The van der Waals surface area contributed by atoms with Gasteiger partial charge in [0.05, 0.1) is 26.4 Å². The third kappa shape index (κ3) is 78.6. The number of carbonyl (C=O) groups is 3. The summed E-state index contributed by atoms with van der Waals surface area (Å²) in [5.41, 5.74) is 0. The summed E-state index contributed by atoms with van der Waals surface area (Å²) in [6.45, 7) is 2.50. The van der Waals surface area contributed by atoms with Crippen molar-refractivity contribution in [1.82, 2.24) is 0 Å². The average molecular weight is 1490 g/mol. The zero-order valence-electron chi connectivity index (χ0n) is 64.7. The summed E-state index contributed by atoms with van der Waals surface area (Å²) in [5, 5.41) is 20.7. The molecule has 5 atom stereocenters. The van der Waals surface area contributed by atoms with E-state index in [9.17, 15) is 43.5 Å². The van der Waals surface area contributed by atoms with Gasteiger partial charge < -0.3 is 34.2 Å². The van der Waals surface area contributed by atoms with Crippen molar-refractivity contribution in [3.05, 3.63) is 134 Å². The molecule has 0 aromatic heterocycles. The van der Waals surface area contributed by atoms with E-state index in [1.54, 1.807) is 0 Å². The van der Waals surface area contributed by atoms with E-state index >= 15 is 0 Å². The minimum Gasteiger partial charge on any atom is -0.463 e. The number of aliphatic hydroxyl groups excluding tert-OH is 2. The Morgan fingerprint density at radius 3 is 0.816 bits per heavy atom. The summed E-state index contributed by atoms with van der Waals surface area (Å²) in [5.74, 6) is -1.60. The fraction of sp³-hybridized carbons (Fsp3) is 0.706. The second-order valence-electron chi connectivity index (χ2n) is 26.8. The molecule has 103 heavy (non-hydrogen) atoms. The molecule has 0 bridgehead atoms. The van der Waals surface area contributed by atoms with Crippen molar-refractivity contribution >= 4 is 33.6 Å². The molecule has 0 fully saturated rings. The molecule has 0 heterocycles. The van der Waals surface area contributed by atoms with Gasteiger partial charge in [-0.15, -0.1) is 0 Å². The molecule has 0 spiro atoms. The quantitative estimate of drug-likeness (QED) is 0.0146. The van der Waals surface area contributed by atoms with Crippen LogP contribution in [0.25, 0.3) is 0 Å². The minimum atomic E-state index is -4.94. The van der Waals surface area contributed by atoms with Crippen molar-refractivity contribution in [3.63, 3.8) is 0 Å². The summed E-state index contributed by atoms with van der Waals surface area (Å²) >= 11 is 0. The summed E-state index contributed by atoms with van der Waals surface area (Å²) in [6.07, 6.45) is 93.4. The zero-order valence-corrected chi connectivity index (χ0v) is 66.5. The number of rotatable bonds is 76. The summed E-state index contributed by atoms with van der Waals surface area (Å²) < 4.78 is 61.2. The monoisotopic (exact) mass is 1490 g/mol. The van der Waals surface area contributed by atoms with Crippen LogP contribution in [0, 0.1) is 0 Å². The number of hydrogen-bond donors (Lipinski definition) is 4. The van der Waals surface area contributed by atoms with E-state index < -0.39 is 91.5 Å². The van der Waals surface area contributed by atoms with Crippen molar-refractivity contribution < 1.29 is 75.8 Å². The minimum absolute atomic E-state index is 0.0837. The molecule has 18 heteroatoms. The smallest absolute Gasteiger partial charge is 0.463 e. The first-order valence-electron chi connectivity index (χ1n) is 40.5. The molecule has 592 valence electrons. The first-order valence-corrected chi connectivity index (χ1v) is 43.5. The molecule has 0 amide bonds. The Morgan fingerprint density at radius 1 is 0.282 bits per heavy atom. The number of phosphoric acid groups is 2. The lowest BCUT2D eigenvalue weighted by Crippen LogP contribution is -2.30. The third-order valence-corrected chi connectivity index (χ3v) is 18.7. The van der Waals surface area contributed by atoms with Gasteiger partial charge in [-0.3, -0.25) is 32.5 Å². The molecule has 16 nitrogen and oxygen atoms in total. The van der Waals surface area contributed by atoms with E-state index in [1.807, 2.05) is 0 Å². The molecule has 0 aromatic carbocycles. The van der Waals surface area contributed by atoms with E-state index in [1.165, 1.54) is 103 Å². The van der Waals surface area contributed by atoms with Crippen LogP contribution in [-0.4, -0.2) is 95.9 Å². The predicted octanol–water partition coefficient (Wildman–Crippen LogP) is 23.9. The second-order valence-corrected chi connectivity index (χ2v) is 29.7. The van der Waals surface area contributed by atoms with Crippen LogP contribution in [0.3, 0.4) is 0 Å². The molecule has 4 N–H and O–H groups in total. The number of carbonyl (C=O) groups excluding carboxylic acids is 3. The second kappa shape index (κ2) is 77.3. The van der Waals surface area contributed by atoms with Gasteiger partial charge in [0.25, 0.3) is 0 Å². The van der Waals surface area contributed by atoms with Gasteiger partial charge in [-0.2, -0.15) is 0 Å². The van der Waals surface area contributed by atoms with Gasteiger partial charge in [0, 0.05) is 19.3 Å². The molecular formula is C85H146O16P2. The Kier molecular flexibility index (Phi) is 74.1. The molecule has 0 aliphatic heterocycles. The lowest BCUT2D eigenvalue weighted by atomic mass is 10.0. The first kappa shape index (κ1) is 98.7. The van der Waals surface area contributed by atoms with Gasteiger partial charge in [-0.25, -0.2) is 9.13 Å². The van der Waals surface area contributed by atoms with Gasteiger partial charge in [0.2, 0.25) is 0 Å². The molecule has 0 saturated carbocycles. The highest BCUT2D eigenvalue weighted by atomic mass is 31.2. The van der Waals surface area contributed by atoms with Gasteiger partial charge >= 0.3 is 33.6 Å². The molecule has 0 aliphatic rings. The molecule has 0 aromatic rings. The number of unbranched alkanes of at least 4 members (excludes halogenated alkanes) is 31. The Bertz CT molecular complexity index is 2410. The van der Waals surface area contributed by atoms with Crippen LogP contribution in [0.4, 0.5) is 0 Å². The Balaban J connectivity index is 4.58. The maximum absolute atomic E-state index is 13.0. The number of hydrogen-bond acceptors (Lipinski definition) is 14. The first-order chi connectivity index (χ1) is 50.2. The number of esters is 3. The number of ether oxygens (including phenoxy) is 3. The highest BCUT2D eigenvalue weighted by Crippen LogP contribution is 2.45. The Morgan fingerprint density at radius 2 is 0.515 bits per heavy atom. The van der Waals surface area contributed by atoms with Crippen LogP contribution in [0.2, 0.25) is 0 Å². The largest absolute Gasteiger partial charge is 0.472 e. The van der Waals surface area contributed by atoms with Crippen LogP contribution in [-0.2, 0) is 55.8 Å². The fourth-order valence-corrected chi connectivity index (χ4v) is 12.3. The van der Waals surface area contributed by atoms with E-state index in [0.717, 1.165) is 167 Å². The highest BCUT2D eigenvalue weighted by Gasteiger charge is 2.29. The van der Waals surface area contributed by atoms with Crippen LogP contribution >= 0.6 is 15.6 Å². The topological polar surface area (TPSA) is 231 Å². The van der Waals surface area contributed by atoms with Crippen molar-refractivity contribution in [2.45, 2.75) is 347 Å². The normalized spacial score (nSPS) is 14.7. The van der Waals surface area contributed by atoms with Crippen LogP contribution in [0.5, 0.6) is 0 Å². The van der Waals surface area contributed by atoms with Gasteiger partial charge in [-0.1, -0.05) is 302 Å². The van der Waals surface area contributed by atoms with Crippen molar-refractivity contribution in [1.29, 1.82) is 0 Å². The maximum Gasteiger partial charge on any atom is 0.472 e. The summed E-state index contributed by atoms with van der Waals surface area (Å²) in [4.78, 5) is 58.7. The molecule has 0 rings (SSSR count). The number of aliphatic hydroxyl groups is 2. The van der Waals surface area contributed by atoms with Crippen LogP contribution < -0.4 is 0 Å². The van der Waals surface area contributed by atoms with E-state index in [-0.39, 0.29) is 19.3 Å². The zero-order chi connectivity index (χ0) is 75.2. The lowest BCUT2D eigenvalue weighted by Gasteiger charge is -2.21. The van der Waals surface area contributed by atoms with Gasteiger partial charge in [0.15, 0.2) is 6.10 Å². The molecule has 0 radical (unpaired) electrons. The number of phosphoric ester groups is 2. The van der Waals surface area contributed by atoms with Gasteiger partial charge in [-0.05, 0) is 141 Å².